The molecule has 0 radical (unpaired) electrons. The summed E-state index contributed by atoms with van der Waals surface area (Å²) in [6.07, 6.45) is 0.0545. The zero-order chi connectivity index (χ0) is 13.7. The first-order chi connectivity index (χ1) is 9.15. The van der Waals surface area contributed by atoms with Crippen molar-refractivity contribution < 1.29 is 14.7 Å². The number of carbonyl (C=O) groups is 2. The molecule has 1 heterocycles. The number of carboxylic acids is 1. The monoisotopic (exact) mass is 280 g/mol. The first-order valence-corrected chi connectivity index (χ1v) is 7.10. The zero-order valence-corrected chi connectivity index (χ0v) is 11.3. The summed E-state index contributed by atoms with van der Waals surface area (Å²) in [4.78, 5) is 24.8. The first kappa shape index (κ1) is 13.7. The van der Waals surface area contributed by atoms with E-state index in [4.69, 9.17) is 5.11 Å². The molecule has 0 spiro atoms. The van der Waals surface area contributed by atoms with Gasteiger partial charge in [0, 0.05) is 30.3 Å². The highest BCUT2D eigenvalue weighted by atomic mass is 32.2. The average Bonchev–Trinajstić information content (AvgIpc) is 2.77. The van der Waals surface area contributed by atoms with Gasteiger partial charge in [-0.1, -0.05) is 12.1 Å². The molecule has 1 aliphatic heterocycles. The molecule has 2 rings (SSSR count). The Morgan fingerprint density at radius 3 is 2.68 bits per heavy atom. The van der Waals surface area contributed by atoms with Gasteiger partial charge in [-0.05, 0) is 17.7 Å². The predicted molar refractivity (Wildman–Crippen MR) is 73.5 cm³/mol. The van der Waals surface area contributed by atoms with Gasteiger partial charge in [0.15, 0.2) is 0 Å². The van der Waals surface area contributed by atoms with Gasteiger partial charge in [-0.15, -0.1) is 11.8 Å². The predicted octanol–water partition coefficient (Wildman–Crippen LogP) is 1.43. The molecule has 0 bridgehead atoms. The minimum absolute atomic E-state index is 0.0115. The SMILES string of the molecule is O=C(O)Cc1ccc(SCCN2CCNC2=O)cc1. The second kappa shape index (κ2) is 6.47. The van der Waals surface area contributed by atoms with E-state index in [0.717, 1.165) is 35.8 Å². The normalized spacial score (nSPS) is 14.5. The maximum atomic E-state index is 11.3. The quantitative estimate of drug-likeness (QED) is 0.773. The lowest BCUT2D eigenvalue weighted by Gasteiger charge is -2.13. The lowest BCUT2D eigenvalue weighted by atomic mass is 10.2. The number of thioether (sulfide) groups is 1. The summed E-state index contributed by atoms with van der Waals surface area (Å²) in [5.41, 5.74) is 0.802. The van der Waals surface area contributed by atoms with E-state index in [-0.39, 0.29) is 12.5 Å². The highest BCUT2D eigenvalue weighted by Gasteiger charge is 2.18. The van der Waals surface area contributed by atoms with Crippen molar-refractivity contribution in [1.29, 1.82) is 0 Å². The molecule has 0 unspecified atom stereocenters. The van der Waals surface area contributed by atoms with Crippen LogP contribution in [0, 0.1) is 0 Å². The Morgan fingerprint density at radius 1 is 1.37 bits per heavy atom. The third kappa shape index (κ3) is 4.17. The number of amides is 2. The van der Waals surface area contributed by atoms with E-state index in [1.54, 1.807) is 16.7 Å². The van der Waals surface area contributed by atoms with Crippen LogP contribution in [0.15, 0.2) is 29.2 Å². The van der Waals surface area contributed by atoms with Crippen molar-refractivity contribution in [2.45, 2.75) is 11.3 Å². The van der Waals surface area contributed by atoms with Gasteiger partial charge < -0.3 is 15.3 Å². The van der Waals surface area contributed by atoms with Gasteiger partial charge in [0.05, 0.1) is 6.42 Å². The maximum Gasteiger partial charge on any atom is 0.317 e. The molecule has 5 nitrogen and oxygen atoms in total. The summed E-state index contributed by atoms with van der Waals surface area (Å²) >= 11 is 1.67. The molecule has 19 heavy (non-hydrogen) atoms. The molecule has 0 atom stereocenters. The van der Waals surface area contributed by atoms with E-state index in [1.807, 2.05) is 24.3 Å². The van der Waals surface area contributed by atoms with Crippen molar-refractivity contribution in [2.75, 3.05) is 25.4 Å². The van der Waals surface area contributed by atoms with E-state index in [0.29, 0.717) is 0 Å². The third-order valence-electron chi connectivity index (χ3n) is 2.85. The van der Waals surface area contributed by atoms with E-state index in [2.05, 4.69) is 5.32 Å². The first-order valence-electron chi connectivity index (χ1n) is 6.11. The minimum Gasteiger partial charge on any atom is -0.481 e. The Bertz CT molecular complexity index is 461. The van der Waals surface area contributed by atoms with Crippen molar-refractivity contribution in [3.8, 4) is 0 Å². The fraction of sp³-hybridized carbons (Fsp3) is 0.385. The molecule has 1 aromatic rings. The molecule has 2 N–H and O–H groups in total. The highest BCUT2D eigenvalue weighted by molar-refractivity contribution is 7.99. The molecule has 0 aliphatic carbocycles. The topological polar surface area (TPSA) is 69.6 Å². The molecule has 1 saturated heterocycles. The Kier molecular flexibility index (Phi) is 4.68. The maximum absolute atomic E-state index is 11.3. The Morgan fingerprint density at radius 2 is 2.11 bits per heavy atom. The molecule has 0 aromatic heterocycles. The average molecular weight is 280 g/mol. The number of rotatable bonds is 6. The molecule has 102 valence electrons. The Hall–Kier alpha value is -1.69. The van der Waals surface area contributed by atoms with Crippen LogP contribution < -0.4 is 5.32 Å². The number of urea groups is 1. The second-order valence-electron chi connectivity index (χ2n) is 4.28. The van der Waals surface area contributed by atoms with Crippen LogP contribution in [-0.2, 0) is 11.2 Å². The van der Waals surface area contributed by atoms with Crippen LogP contribution in [0.5, 0.6) is 0 Å². The van der Waals surface area contributed by atoms with E-state index >= 15 is 0 Å². The number of hydrogen-bond acceptors (Lipinski definition) is 3. The van der Waals surface area contributed by atoms with Crippen LogP contribution in [-0.4, -0.2) is 47.4 Å². The molecule has 2 amide bonds. The summed E-state index contributed by atoms with van der Waals surface area (Å²) in [5, 5.41) is 11.4. The second-order valence-corrected chi connectivity index (χ2v) is 5.45. The molecule has 1 fully saturated rings. The van der Waals surface area contributed by atoms with Gasteiger partial charge in [0.1, 0.15) is 0 Å². The van der Waals surface area contributed by atoms with Crippen LogP contribution in [0.25, 0.3) is 0 Å². The standard InChI is InChI=1S/C13H16N2O3S/c16-12(17)9-10-1-3-11(4-2-10)19-8-7-15-6-5-14-13(15)18/h1-4H,5-9H2,(H,14,18)(H,16,17). The molecular weight excluding hydrogens is 264 g/mol. The fourth-order valence-corrected chi connectivity index (χ4v) is 2.75. The Labute approximate surface area is 116 Å². The number of nitrogens with zero attached hydrogens (tertiary/aromatic N) is 1. The van der Waals surface area contributed by atoms with Crippen molar-refractivity contribution in [3.05, 3.63) is 29.8 Å². The summed E-state index contributed by atoms with van der Waals surface area (Å²) in [5.74, 6) is 0.0200. The van der Waals surface area contributed by atoms with Crippen LogP contribution in [0.4, 0.5) is 4.79 Å². The van der Waals surface area contributed by atoms with Crippen LogP contribution in [0.2, 0.25) is 0 Å². The van der Waals surface area contributed by atoms with Crippen LogP contribution in [0.3, 0.4) is 0 Å². The van der Waals surface area contributed by atoms with E-state index in [1.165, 1.54) is 0 Å². The Balaban J connectivity index is 1.76. The van der Waals surface area contributed by atoms with Gasteiger partial charge in [-0.2, -0.15) is 0 Å². The molecule has 1 aromatic carbocycles. The number of benzene rings is 1. The fourth-order valence-electron chi connectivity index (χ4n) is 1.88. The van der Waals surface area contributed by atoms with Gasteiger partial charge in [-0.3, -0.25) is 4.79 Å². The molecule has 1 aliphatic rings. The van der Waals surface area contributed by atoms with Gasteiger partial charge in [-0.25, -0.2) is 4.79 Å². The number of aliphatic carboxylic acids is 1. The molecular formula is C13H16N2O3S. The number of carboxylic acid groups (broad SMARTS) is 1. The highest BCUT2D eigenvalue weighted by Crippen LogP contribution is 2.19. The number of hydrogen-bond donors (Lipinski definition) is 2. The smallest absolute Gasteiger partial charge is 0.317 e. The van der Waals surface area contributed by atoms with Gasteiger partial charge >= 0.3 is 12.0 Å². The van der Waals surface area contributed by atoms with Crippen molar-refractivity contribution >= 4 is 23.8 Å². The lowest BCUT2D eigenvalue weighted by molar-refractivity contribution is -0.136. The van der Waals surface area contributed by atoms with Crippen LogP contribution >= 0.6 is 11.8 Å². The number of carbonyl (C=O) groups excluding carboxylic acids is 1. The minimum atomic E-state index is -0.819. The van der Waals surface area contributed by atoms with Crippen molar-refractivity contribution in [3.63, 3.8) is 0 Å². The van der Waals surface area contributed by atoms with Crippen molar-refractivity contribution in [2.24, 2.45) is 0 Å². The van der Waals surface area contributed by atoms with Crippen molar-refractivity contribution in [1.82, 2.24) is 10.2 Å². The summed E-state index contributed by atoms with van der Waals surface area (Å²) < 4.78 is 0. The van der Waals surface area contributed by atoms with Crippen LogP contribution in [0.1, 0.15) is 5.56 Å². The lowest BCUT2D eigenvalue weighted by Crippen LogP contribution is -2.30. The van der Waals surface area contributed by atoms with Gasteiger partial charge in [0.25, 0.3) is 0 Å². The third-order valence-corrected chi connectivity index (χ3v) is 3.85. The van der Waals surface area contributed by atoms with E-state index < -0.39 is 5.97 Å². The van der Waals surface area contributed by atoms with Gasteiger partial charge in [0.2, 0.25) is 0 Å². The summed E-state index contributed by atoms with van der Waals surface area (Å²) in [6.45, 7) is 2.23. The summed E-state index contributed by atoms with van der Waals surface area (Å²) in [6, 6.07) is 7.52. The number of nitrogens with one attached hydrogen (secondary N) is 1. The zero-order valence-electron chi connectivity index (χ0n) is 10.5. The van der Waals surface area contributed by atoms with E-state index in [9.17, 15) is 9.59 Å². The largest absolute Gasteiger partial charge is 0.481 e. The molecule has 0 saturated carbocycles. The summed E-state index contributed by atoms with van der Waals surface area (Å²) in [7, 11) is 0. The molecule has 6 heteroatoms.